The number of nitrogens with two attached hydrogens (primary N) is 1. The maximum Gasteiger partial charge on any atom is 0.307 e. The summed E-state index contributed by atoms with van der Waals surface area (Å²) in [5, 5.41) is 12.2. The van der Waals surface area contributed by atoms with Gasteiger partial charge in [-0.05, 0) is 42.4 Å². The van der Waals surface area contributed by atoms with Crippen LogP contribution in [0.5, 0.6) is 0 Å². The van der Waals surface area contributed by atoms with E-state index < -0.39 is 11.9 Å². The molecule has 1 amide bonds. The molecule has 8 nitrogen and oxygen atoms in total. The van der Waals surface area contributed by atoms with Gasteiger partial charge >= 0.3 is 5.97 Å². The Morgan fingerprint density at radius 2 is 2.13 bits per heavy atom. The molecule has 1 heterocycles. The Morgan fingerprint density at radius 3 is 2.80 bits per heavy atom. The molecule has 9 heteroatoms. The van der Waals surface area contributed by atoms with Crippen LogP contribution in [0.15, 0.2) is 35.0 Å². The molecule has 0 saturated heterocycles. The van der Waals surface area contributed by atoms with Gasteiger partial charge in [-0.15, -0.1) is 0 Å². The lowest BCUT2D eigenvalue weighted by atomic mass is 9.91. The number of hydrogen-bond acceptors (Lipinski definition) is 7. The third-order valence-electron chi connectivity index (χ3n) is 4.44. The van der Waals surface area contributed by atoms with E-state index in [1.807, 2.05) is 0 Å². The fourth-order valence-corrected chi connectivity index (χ4v) is 3.70. The minimum atomic E-state index is -1.03. The van der Waals surface area contributed by atoms with Gasteiger partial charge in [-0.1, -0.05) is 0 Å². The van der Waals surface area contributed by atoms with Gasteiger partial charge in [-0.25, -0.2) is 0 Å². The molecule has 0 spiro atoms. The van der Waals surface area contributed by atoms with Crippen molar-refractivity contribution in [3.63, 3.8) is 0 Å². The highest BCUT2D eigenvalue weighted by Crippen LogP contribution is 2.24. The third kappa shape index (κ3) is 8.00. The number of Topliss-reactive ketones (excluding diaryl/α,β-unsaturated/α-hetero) is 1. The smallest absolute Gasteiger partial charge is 0.307 e. The fraction of sp³-hybridized carbons (Fsp3) is 0.429. The molecule has 1 atom stereocenters. The minimum Gasteiger partial charge on any atom is -0.481 e. The average Bonchev–Trinajstić information content (AvgIpc) is 3.20. The summed E-state index contributed by atoms with van der Waals surface area (Å²) in [6, 6.07) is 4.59. The molecule has 1 aliphatic rings. The largest absolute Gasteiger partial charge is 0.481 e. The van der Waals surface area contributed by atoms with Crippen LogP contribution in [-0.4, -0.2) is 54.2 Å². The van der Waals surface area contributed by atoms with Crippen LogP contribution in [0.25, 0.3) is 0 Å². The second kappa shape index (κ2) is 12.1. The summed E-state index contributed by atoms with van der Waals surface area (Å²) in [7, 11) is 1.63. The Kier molecular flexibility index (Phi) is 9.56. The van der Waals surface area contributed by atoms with E-state index in [4.69, 9.17) is 10.5 Å². The van der Waals surface area contributed by atoms with Crippen molar-refractivity contribution in [1.29, 1.82) is 0 Å². The van der Waals surface area contributed by atoms with Crippen LogP contribution in [0.1, 0.15) is 36.0 Å². The number of amides is 1. The summed E-state index contributed by atoms with van der Waals surface area (Å²) in [4.78, 5) is 40.4. The van der Waals surface area contributed by atoms with Crippen LogP contribution in [-0.2, 0) is 14.3 Å². The van der Waals surface area contributed by atoms with Gasteiger partial charge in [0.25, 0.3) is 0 Å². The lowest BCUT2D eigenvalue weighted by molar-refractivity contribution is -0.141. The zero-order valence-corrected chi connectivity index (χ0v) is 17.7. The summed E-state index contributed by atoms with van der Waals surface area (Å²) in [5.41, 5.74) is 7.79. The zero-order valence-electron chi connectivity index (χ0n) is 16.9. The van der Waals surface area contributed by atoms with Gasteiger partial charge in [0.05, 0.1) is 11.7 Å². The number of aliphatic carboxylic acids is 1. The summed E-state index contributed by atoms with van der Waals surface area (Å²) < 4.78 is 4.97. The molecule has 1 aromatic rings. The maximum absolute atomic E-state index is 12.7. The molecule has 1 aliphatic heterocycles. The molecule has 162 valence electrons. The minimum absolute atomic E-state index is 0.154. The van der Waals surface area contributed by atoms with Gasteiger partial charge in [-0.2, -0.15) is 11.8 Å². The number of hydrogen-bond donors (Lipinski definition) is 3. The lowest BCUT2D eigenvalue weighted by Crippen LogP contribution is -2.19. The molecular weight excluding hydrogens is 406 g/mol. The van der Waals surface area contributed by atoms with Crippen LogP contribution in [0.4, 0.5) is 11.4 Å². The molecule has 4 N–H and O–H groups in total. The van der Waals surface area contributed by atoms with E-state index in [9.17, 15) is 19.5 Å². The van der Waals surface area contributed by atoms with Crippen LogP contribution < -0.4 is 11.1 Å². The number of nitrogen functional groups attached to an aromatic ring is 1. The second-order valence-electron chi connectivity index (χ2n) is 6.98. The number of carboxylic acid groups (broad SMARTS) is 1. The number of nitrogens with one attached hydrogen (secondary N) is 1. The summed E-state index contributed by atoms with van der Waals surface area (Å²) in [6.45, 7) is 0.650. The third-order valence-corrected chi connectivity index (χ3v) is 5.48. The number of ether oxygens (including phenoxy) is 1. The number of methoxy groups -OCH3 is 1. The Bertz CT molecular complexity index is 838. The SMILES string of the molecule is COCCCSCC(=O)Nc1cc(N)cc(C(=O)CC(CC2=CN=CC2)C(=O)O)c1. The van der Waals surface area contributed by atoms with Crippen molar-refractivity contribution in [3.05, 3.63) is 35.5 Å². The Morgan fingerprint density at radius 1 is 1.33 bits per heavy atom. The van der Waals surface area contributed by atoms with Gasteiger partial charge in [0, 0.05) is 55.9 Å². The van der Waals surface area contributed by atoms with Crippen LogP contribution in [0.2, 0.25) is 0 Å². The molecule has 0 fully saturated rings. The lowest BCUT2D eigenvalue weighted by Gasteiger charge is -2.13. The first-order valence-corrected chi connectivity index (χ1v) is 10.8. The number of nitrogens with zero attached hydrogens (tertiary/aromatic N) is 1. The maximum atomic E-state index is 12.7. The number of thioether (sulfide) groups is 1. The standard InChI is InChI=1S/C21H27N3O5S/c1-29-5-2-6-30-13-20(26)24-18-9-15(8-17(22)11-18)19(25)10-16(21(27)28)7-14-3-4-23-12-14/h4,8-9,11-12,16H,2-3,5-7,10,13,22H2,1H3,(H,24,26)(H,27,28). The monoisotopic (exact) mass is 433 g/mol. The number of ketones is 1. The van der Waals surface area contributed by atoms with Crippen molar-refractivity contribution >= 4 is 47.0 Å². The summed E-state index contributed by atoms with van der Waals surface area (Å²) in [5.74, 6) is -1.32. The van der Waals surface area contributed by atoms with Gasteiger partial charge in [0.2, 0.25) is 5.91 Å². The quantitative estimate of drug-likeness (QED) is 0.247. The van der Waals surface area contributed by atoms with Gasteiger partial charge < -0.3 is 20.9 Å². The van der Waals surface area contributed by atoms with E-state index in [0.717, 1.165) is 17.7 Å². The van der Waals surface area contributed by atoms with Crippen molar-refractivity contribution in [3.8, 4) is 0 Å². The van der Waals surface area contributed by atoms with E-state index in [1.165, 1.54) is 23.9 Å². The summed E-state index contributed by atoms with van der Waals surface area (Å²) in [6.07, 6.45) is 4.93. The molecule has 2 rings (SSSR count). The van der Waals surface area contributed by atoms with E-state index >= 15 is 0 Å². The van der Waals surface area contributed by atoms with Crippen molar-refractivity contribution in [2.45, 2.75) is 25.7 Å². The number of carbonyl (C=O) groups is 3. The topological polar surface area (TPSA) is 131 Å². The molecule has 0 aliphatic carbocycles. The fourth-order valence-electron chi connectivity index (χ4n) is 2.97. The Hall–Kier alpha value is -2.65. The second-order valence-corrected chi connectivity index (χ2v) is 8.09. The molecule has 1 aromatic carbocycles. The first kappa shape index (κ1) is 23.6. The van der Waals surface area contributed by atoms with Gasteiger partial charge in [0.1, 0.15) is 0 Å². The Balaban J connectivity index is 1.96. The van der Waals surface area contributed by atoms with Crippen molar-refractivity contribution < 1.29 is 24.2 Å². The number of aliphatic imine (C=N–C) groups is 1. The number of carbonyl (C=O) groups excluding carboxylic acids is 2. The van der Waals surface area contributed by atoms with Crippen LogP contribution in [0.3, 0.4) is 0 Å². The normalized spacial score (nSPS) is 13.7. The highest BCUT2D eigenvalue weighted by molar-refractivity contribution is 7.99. The van der Waals surface area contributed by atoms with Crippen molar-refractivity contribution in [1.82, 2.24) is 0 Å². The number of allylic oxidation sites excluding steroid dienone is 1. The first-order valence-electron chi connectivity index (χ1n) is 9.61. The molecule has 1 unspecified atom stereocenters. The molecule has 0 aromatic heterocycles. The highest BCUT2D eigenvalue weighted by atomic mass is 32.2. The van der Waals surface area contributed by atoms with E-state index in [2.05, 4.69) is 10.3 Å². The predicted molar refractivity (Wildman–Crippen MR) is 119 cm³/mol. The number of benzene rings is 1. The van der Waals surface area contributed by atoms with E-state index in [-0.39, 0.29) is 35.8 Å². The van der Waals surface area contributed by atoms with Crippen molar-refractivity contribution in [2.24, 2.45) is 10.9 Å². The molecule has 0 bridgehead atoms. The van der Waals surface area contributed by atoms with Gasteiger partial charge in [0.15, 0.2) is 5.78 Å². The predicted octanol–water partition coefficient (Wildman–Crippen LogP) is 3.00. The number of rotatable bonds is 13. The van der Waals surface area contributed by atoms with Crippen molar-refractivity contribution in [2.75, 3.05) is 36.3 Å². The van der Waals surface area contributed by atoms with Gasteiger partial charge in [-0.3, -0.25) is 19.4 Å². The number of carboxylic acids is 1. The molecule has 0 saturated carbocycles. The highest BCUT2D eigenvalue weighted by Gasteiger charge is 2.24. The van der Waals surface area contributed by atoms with Crippen LogP contribution >= 0.6 is 11.8 Å². The Labute approximate surface area is 180 Å². The average molecular weight is 434 g/mol. The van der Waals surface area contributed by atoms with E-state index in [1.54, 1.807) is 25.6 Å². The zero-order chi connectivity index (χ0) is 21.9. The molecular formula is C21H27N3O5S. The van der Waals surface area contributed by atoms with E-state index in [0.29, 0.717) is 24.4 Å². The molecule has 0 radical (unpaired) electrons. The first-order chi connectivity index (χ1) is 14.4. The summed E-state index contributed by atoms with van der Waals surface area (Å²) >= 11 is 1.49. The number of anilines is 2. The van der Waals surface area contributed by atoms with Crippen LogP contribution in [0, 0.1) is 5.92 Å². The molecule has 30 heavy (non-hydrogen) atoms.